The van der Waals surface area contributed by atoms with Crippen LogP contribution in [0.25, 0.3) is 0 Å². The van der Waals surface area contributed by atoms with Crippen molar-refractivity contribution in [1.82, 2.24) is 0 Å². The lowest BCUT2D eigenvalue weighted by Crippen LogP contribution is -2.55. The van der Waals surface area contributed by atoms with Gasteiger partial charge in [-0.1, -0.05) is 0 Å². The second-order valence-electron chi connectivity index (χ2n) is 6.01. The summed E-state index contributed by atoms with van der Waals surface area (Å²) in [5, 5.41) is 0. The first kappa shape index (κ1) is 28.1. The van der Waals surface area contributed by atoms with Gasteiger partial charge in [0.15, 0.2) is 24.4 Å². The van der Waals surface area contributed by atoms with Gasteiger partial charge in [-0.05, 0) is 12.5 Å². The average Bonchev–Trinajstić information content (AvgIpc) is 2.60. The van der Waals surface area contributed by atoms with Gasteiger partial charge in [-0.3, -0.25) is 24.0 Å². The summed E-state index contributed by atoms with van der Waals surface area (Å²) in [6.07, 6.45) is -1.64. The fourth-order valence-corrected chi connectivity index (χ4v) is 4.23. The van der Waals surface area contributed by atoms with Crippen LogP contribution in [0.4, 0.5) is 0 Å². The molecule has 12 heteroatoms. The minimum Gasteiger partial charge on any atom is -0.462 e. The minimum absolute atomic E-state index is 0.428. The van der Waals surface area contributed by atoms with Crippen molar-refractivity contribution < 1.29 is 47.7 Å². The van der Waals surface area contributed by atoms with Crippen molar-refractivity contribution in [3.63, 3.8) is 0 Å². The minimum atomic E-state index is -1.42. The lowest BCUT2D eigenvalue weighted by Gasteiger charge is -2.37. The van der Waals surface area contributed by atoms with Crippen molar-refractivity contribution in [2.45, 2.75) is 63.6 Å². The van der Waals surface area contributed by atoms with Crippen LogP contribution in [0.2, 0.25) is 0 Å². The second kappa shape index (κ2) is 14.1. The van der Waals surface area contributed by atoms with Gasteiger partial charge in [-0.25, -0.2) is 0 Å². The van der Waals surface area contributed by atoms with Crippen LogP contribution in [0.1, 0.15) is 34.6 Å². The number of thioether (sulfide) groups is 2. The van der Waals surface area contributed by atoms with Gasteiger partial charge in [0.05, 0.1) is 4.58 Å². The van der Waals surface area contributed by atoms with Crippen LogP contribution in [-0.2, 0) is 47.7 Å². The van der Waals surface area contributed by atoms with Crippen LogP contribution in [0, 0.1) is 0 Å². The molecule has 4 atom stereocenters. The third-order valence-corrected chi connectivity index (χ3v) is 6.04. The van der Waals surface area contributed by atoms with E-state index in [1.165, 1.54) is 30.4 Å². The first-order chi connectivity index (χ1) is 13.9. The molecule has 10 nitrogen and oxygen atoms in total. The van der Waals surface area contributed by atoms with Crippen molar-refractivity contribution >= 4 is 53.4 Å². The van der Waals surface area contributed by atoms with Gasteiger partial charge in [0, 0.05) is 34.6 Å². The summed E-state index contributed by atoms with van der Waals surface area (Å²) in [6.45, 7) is 5.20. The van der Waals surface area contributed by atoms with E-state index in [-0.39, 0.29) is 0 Å². The Labute approximate surface area is 184 Å². The Morgan fingerprint density at radius 3 is 1.37 bits per heavy atom. The molecule has 4 unspecified atom stereocenters. The van der Waals surface area contributed by atoms with E-state index < -0.39 is 65.5 Å². The molecular formula is C18H28O10S2. The molecule has 0 aliphatic rings. The average molecular weight is 469 g/mol. The summed E-state index contributed by atoms with van der Waals surface area (Å²) in [5.41, 5.74) is 0. The van der Waals surface area contributed by atoms with E-state index in [1.807, 2.05) is 0 Å². The monoisotopic (exact) mass is 468 g/mol. The van der Waals surface area contributed by atoms with E-state index in [0.29, 0.717) is 0 Å². The third-order valence-electron chi connectivity index (χ3n) is 3.42. The second-order valence-corrected chi connectivity index (χ2v) is 8.27. The maximum absolute atomic E-state index is 11.8. The Balaban J connectivity index is 6.37. The first-order valence-corrected chi connectivity index (χ1v) is 11.4. The summed E-state index contributed by atoms with van der Waals surface area (Å²) in [5.74, 6) is -3.59. The standard InChI is InChI=1S/C18H28O10S2/c1-9(19)24-8-14(25-10(2)20)15(26-11(3)21)16(27-12(4)22)17(28-13(5)23)18(29-6)30-7/h14-18H,8H2,1-7H3. The number of hydrogen-bond acceptors (Lipinski definition) is 12. The highest BCUT2D eigenvalue weighted by atomic mass is 32.2. The van der Waals surface area contributed by atoms with E-state index in [9.17, 15) is 24.0 Å². The fraction of sp³-hybridized carbons (Fsp3) is 0.722. The number of carbonyl (C=O) groups excluding carboxylic acids is 5. The number of ether oxygens (including phenoxy) is 5. The van der Waals surface area contributed by atoms with E-state index in [0.717, 1.165) is 27.7 Å². The number of hydrogen-bond donors (Lipinski definition) is 0. The zero-order valence-corrected chi connectivity index (χ0v) is 19.6. The Morgan fingerprint density at radius 2 is 1.00 bits per heavy atom. The summed E-state index contributed by atoms with van der Waals surface area (Å²) < 4.78 is 25.8. The predicted octanol–water partition coefficient (Wildman–Crippen LogP) is 1.33. The van der Waals surface area contributed by atoms with Crippen molar-refractivity contribution in [1.29, 1.82) is 0 Å². The predicted molar refractivity (Wildman–Crippen MR) is 110 cm³/mol. The van der Waals surface area contributed by atoms with Gasteiger partial charge >= 0.3 is 29.8 Å². The fourth-order valence-electron chi connectivity index (χ4n) is 2.50. The van der Waals surface area contributed by atoms with Gasteiger partial charge < -0.3 is 23.7 Å². The largest absolute Gasteiger partial charge is 0.462 e. The molecule has 0 fully saturated rings. The highest BCUT2D eigenvalue weighted by Crippen LogP contribution is 2.31. The molecule has 0 aliphatic heterocycles. The number of carbonyl (C=O) groups is 5. The highest BCUT2D eigenvalue weighted by Gasteiger charge is 2.46. The topological polar surface area (TPSA) is 132 Å². The van der Waals surface area contributed by atoms with Crippen molar-refractivity contribution in [3.05, 3.63) is 0 Å². The van der Waals surface area contributed by atoms with Gasteiger partial charge in [0.2, 0.25) is 0 Å². The highest BCUT2D eigenvalue weighted by molar-refractivity contribution is 8.16. The summed E-state index contributed by atoms with van der Waals surface area (Å²) in [7, 11) is 0. The maximum atomic E-state index is 11.8. The molecule has 0 aromatic heterocycles. The van der Waals surface area contributed by atoms with Crippen LogP contribution < -0.4 is 0 Å². The Bertz CT molecular complexity index is 620. The van der Waals surface area contributed by atoms with Crippen LogP contribution in [-0.4, -0.2) is 78.0 Å². The van der Waals surface area contributed by atoms with E-state index in [1.54, 1.807) is 12.5 Å². The van der Waals surface area contributed by atoms with Gasteiger partial charge in [0.25, 0.3) is 0 Å². The van der Waals surface area contributed by atoms with Crippen LogP contribution in [0.3, 0.4) is 0 Å². The maximum Gasteiger partial charge on any atom is 0.303 e. The van der Waals surface area contributed by atoms with Gasteiger partial charge in [-0.2, -0.15) is 0 Å². The zero-order valence-electron chi connectivity index (χ0n) is 18.0. The molecule has 0 aromatic rings. The molecule has 172 valence electrons. The molecule has 0 rings (SSSR count). The first-order valence-electron chi connectivity index (χ1n) is 8.80. The Kier molecular flexibility index (Phi) is 13.2. The lowest BCUT2D eigenvalue weighted by molar-refractivity contribution is -0.201. The zero-order chi connectivity index (χ0) is 23.4. The normalized spacial score (nSPS) is 14.7. The smallest absolute Gasteiger partial charge is 0.303 e. The Hall–Kier alpha value is -1.95. The molecule has 0 N–H and O–H groups in total. The molecule has 0 spiro atoms. The molecular weight excluding hydrogens is 440 g/mol. The summed E-state index contributed by atoms with van der Waals surface area (Å²) >= 11 is 2.63. The molecule has 0 saturated heterocycles. The van der Waals surface area contributed by atoms with Crippen molar-refractivity contribution in [3.8, 4) is 0 Å². The molecule has 0 aliphatic carbocycles. The summed E-state index contributed by atoms with van der Waals surface area (Å²) in [6, 6.07) is 0. The molecule has 0 radical (unpaired) electrons. The number of rotatable bonds is 12. The van der Waals surface area contributed by atoms with Gasteiger partial charge in [-0.15, -0.1) is 23.5 Å². The van der Waals surface area contributed by atoms with Crippen molar-refractivity contribution in [2.75, 3.05) is 19.1 Å². The van der Waals surface area contributed by atoms with Crippen LogP contribution >= 0.6 is 23.5 Å². The molecule has 0 aromatic carbocycles. The quantitative estimate of drug-likeness (QED) is 0.232. The molecule has 0 amide bonds. The van der Waals surface area contributed by atoms with Crippen LogP contribution in [0.15, 0.2) is 0 Å². The summed E-state index contributed by atoms with van der Waals surface area (Å²) in [4.78, 5) is 58.3. The van der Waals surface area contributed by atoms with Gasteiger partial charge in [0.1, 0.15) is 6.61 Å². The van der Waals surface area contributed by atoms with E-state index in [2.05, 4.69) is 0 Å². The van der Waals surface area contributed by atoms with E-state index in [4.69, 9.17) is 23.7 Å². The van der Waals surface area contributed by atoms with Crippen LogP contribution in [0.5, 0.6) is 0 Å². The SMILES string of the molecule is CSC(SC)C(OC(C)=O)C(OC(C)=O)C(OC(C)=O)C(COC(C)=O)OC(C)=O. The Morgan fingerprint density at radius 1 is 0.600 bits per heavy atom. The lowest BCUT2D eigenvalue weighted by atomic mass is 10.0. The molecule has 0 heterocycles. The van der Waals surface area contributed by atoms with E-state index >= 15 is 0 Å². The van der Waals surface area contributed by atoms with Crippen molar-refractivity contribution in [2.24, 2.45) is 0 Å². The third kappa shape index (κ3) is 10.7. The number of esters is 5. The molecule has 0 bridgehead atoms. The molecule has 0 saturated carbocycles. The molecule has 30 heavy (non-hydrogen) atoms.